The molecule has 102 valence electrons. The van der Waals surface area contributed by atoms with Crippen LogP contribution in [0.25, 0.3) is 0 Å². The molecule has 0 aliphatic carbocycles. The molecule has 0 amide bonds. The van der Waals surface area contributed by atoms with Gasteiger partial charge in [-0.3, -0.25) is 0 Å². The zero-order valence-electron chi connectivity index (χ0n) is 11.7. The van der Waals surface area contributed by atoms with E-state index in [4.69, 9.17) is 9.84 Å². The number of aliphatic hydroxyl groups excluding tert-OH is 1. The highest BCUT2D eigenvalue weighted by Crippen LogP contribution is 2.16. The molecule has 0 radical (unpaired) electrons. The van der Waals surface area contributed by atoms with Gasteiger partial charge in [0.25, 0.3) is 0 Å². The maximum atomic E-state index is 8.75. The topological polar surface area (TPSA) is 32.7 Å². The van der Waals surface area contributed by atoms with Crippen molar-refractivity contribution in [3.8, 4) is 5.75 Å². The predicted octanol–water partition coefficient (Wildman–Crippen LogP) is 2.68. The van der Waals surface area contributed by atoms with Gasteiger partial charge >= 0.3 is 0 Å². The summed E-state index contributed by atoms with van der Waals surface area (Å²) < 4.78 is 5.68. The summed E-state index contributed by atoms with van der Waals surface area (Å²) in [5, 5.41) is 8.75. The quantitative estimate of drug-likeness (QED) is 0.721. The normalized spacial score (nSPS) is 11.2. The second-order valence-electron chi connectivity index (χ2n) is 4.98. The number of aliphatic hydroxyl groups is 1. The minimum absolute atomic E-state index is 0.211. The molecule has 0 unspecified atom stereocenters. The highest BCUT2D eigenvalue weighted by Gasteiger charge is 2.03. The summed E-state index contributed by atoms with van der Waals surface area (Å²) in [6, 6.07) is 8.25. The predicted molar refractivity (Wildman–Crippen MR) is 74.9 cm³/mol. The van der Waals surface area contributed by atoms with E-state index in [1.165, 1.54) is 5.56 Å². The van der Waals surface area contributed by atoms with Gasteiger partial charge in [0.05, 0.1) is 6.10 Å². The van der Waals surface area contributed by atoms with Crippen LogP contribution in [0.4, 0.5) is 0 Å². The van der Waals surface area contributed by atoms with Gasteiger partial charge < -0.3 is 14.7 Å². The third-order valence-electron chi connectivity index (χ3n) is 2.67. The van der Waals surface area contributed by atoms with Crippen molar-refractivity contribution < 1.29 is 9.84 Å². The summed E-state index contributed by atoms with van der Waals surface area (Å²) in [6.45, 7) is 6.28. The van der Waals surface area contributed by atoms with Crippen LogP contribution in [0.15, 0.2) is 24.3 Å². The van der Waals surface area contributed by atoms with Gasteiger partial charge in [0.15, 0.2) is 0 Å². The molecule has 3 heteroatoms. The molecule has 0 aliphatic rings. The van der Waals surface area contributed by atoms with E-state index in [0.717, 1.165) is 31.7 Å². The van der Waals surface area contributed by atoms with Crippen LogP contribution >= 0.6 is 0 Å². The fraction of sp³-hybridized carbons (Fsp3) is 0.600. The number of nitrogens with zero attached hydrogens (tertiary/aromatic N) is 1. The Morgan fingerprint density at radius 3 is 2.72 bits per heavy atom. The number of hydrogen-bond acceptors (Lipinski definition) is 3. The smallest absolute Gasteiger partial charge is 0.120 e. The summed E-state index contributed by atoms with van der Waals surface area (Å²) in [7, 11) is 2.10. The van der Waals surface area contributed by atoms with E-state index < -0.39 is 0 Å². The number of ether oxygens (including phenoxy) is 1. The van der Waals surface area contributed by atoms with Crippen LogP contribution in [-0.4, -0.2) is 36.3 Å². The molecule has 0 saturated heterocycles. The second-order valence-corrected chi connectivity index (χ2v) is 4.98. The van der Waals surface area contributed by atoms with Crippen LogP contribution in [0.3, 0.4) is 0 Å². The minimum Gasteiger partial charge on any atom is -0.491 e. The average molecular weight is 251 g/mol. The molecule has 0 fully saturated rings. The Balaban J connectivity index is 2.45. The van der Waals surface area contributed by atoms with E-state index in [0.29, 0.717) is 0 Å². The molecule has 0 heterocycles. The maximum Gasteiger partial charge on any atom is 0.120 e. The standard InChI is InChI=1S/C15H25NO2/c1-13(2)18-15-8-6-7-14(11-15)12-16(3)9-4-5-10-17/h6-8,11,13,17H,4-5,9-10,12H2,1-3H3. The zero-order chi connectivity index (χ0) is 13.4. The van der Waals surface area contributed by atoms with E-state index in [1.54, 1.807) is 0 Å². The van der Waals surface area contributed by atoms with E-state index in [2.05, 4.69) is 24.1 Å². The molecular weight excluding hydrogens is 226 g/mol. The molecule has 0 aromatic heterocycles. The van der Waals surface area contributed by atoms with Crippen LogP contribution in [0.5, 0.6) is 5.75 Å². The van der Waals surface area contributed by atoms with Crippen molar-refractivity contribution in [1.29, 1.82) is 0 Å². The van der Waals surface area contributed by atoms with Gasteiger partial charge in [-0.05, 0) is 58.0 Å². The van der Waals surface area contributed by atoms with E-state index in [9.17, 15) is 0 Å². The summed E-state index contributed by atoms with van der Waals surface area (Å²) in [5.41, 5.74) is 1.26. The monoisotopic (exact) mass is 251 g/mol. The molecule has 1 rings (SSSR count). The first kappa shape index (κ1) is 15.0. The molecule has 0 atom stereocenters. The van der Waals surface area contributed by atoms with Crippen LogP contribution in [0, 0.1) is 0 Å². The lowest BCUT2D eigenvalue weighted by Gasteiger charge is -2.17. The van der Waals surface area contributed by atoms with Crippen molar-refractivity contribution in [3.63, 3.8) is 0 Å². The summed E-state index contributed by atoms with van der Waals surface area (Å²) in [5.74, 6) is 0.936. The Bertz CT molecular complexity index is 339. The van der Waals surface area contributed by atoms with Crippen LogP contribution < -0.4 is 4.74 Å². The fourth-order valence-corrected chi connectivity index (χ4v) is 1.87. The first-order chi connectivity index (χ1) is 8.61. The Kier molecular flexibility index (Phi) is 6.76. The molecule has 0 spiro atoms. The fourth-order valence-electron chi connectivity index (χ4n) is 1.87. The number of benzene rings is 1. The Morgan fingerprint density at radius 1 is 1.28 bits per heavy atom. The van der Waals surface area contributed by atoms with Gasteiger partial charge in [-0.1, -0.05) is 12.1 Å². The third kappa shape index (κ3) is 6.03. The van der Waals surface area contributed by atoms with Crippen LogP contribution in [0.2, 0.25) is 0 Å². The van der Waals surface area contributed by atoms with Gasteiger partial charge in [-0.2, -0.15) is 0 Å². The van der Waals surface area contributed by atoms with Gasteiger partial charge in [-0.15, -0.1) is 0 Å². The molecule has 1 N–H and O–H groups in total. The molecule has 3 nitrogen and oxygen atoms in total. The second kappa shape index (κ2) is 8.11. The third-order valence-corrected chi connectivity index (χ3v) is 2.67. The Morgan fingerprint density at radius 2 is 2.06 bits per heavy atom. The van der Waals surface area contributed by atoms with Gasteiger partial charge in [0, 0.05) is 13.2 Å². The van der Waals surface area contributed by atoms with Crippen molar-refractivity contribution in [3.05, 3.63) is 29.8 Å². The average Bonchev–Trinajstić information content (AvgIpc) is 2.28. The molecule has 0 saturated carbocycles. The summed E-state index contributed by atoms with van der Waals surface area (Å²) in [6.07, 6.45) is 2.12. The van der Waals surface area contributed by atoms with E-state index in [1.807, 2.05) is 26.0 Å². The SMILES string of the molecule is CC(C)Oc1cccc(CN(C)CCCCO)c1. The van der Waals surface area contributed by atoms with Gasteiger partial charge in [-0.25, -0.2) is 0 Å². The molecule has 18 heavy (non-hydrogen) atoms. The van der Waals surface area contributed by atoms with Gasteiger partial charge in [0.2, 0.25) is 0 Å². The lowest BCUT2D eigenvalue weighted by Crippen LogP contribution is -2.19. The van der Waals surface area contributed by atoms with Crippen molar-refractivity contribution in [2.45, 2.75) is 39.3 Å². The van der Waals surface area contributed by atoms with E-state index >= 15 is 0 Å². The first-order valence-corrected chi connectivity index (χ1v) is 6.67. The highest BCUT2D eigenvalue weighted by atomic mass is 16.5. The Labute approximate surface area is 110 Å². The number of unbranched alkanes of at least 4 members (excludes halogenated alkanes) is 1. The highest BCUT2D eigenvalue weighted by molar-refractivity contribution is 5.28. The first-order valence-electron chi connectivity index (χ1n) is 6.67. The molecule has 0 aliphatic heterocycles. The van der Waals surface area contributed by atoms with Crippen molar-refractivity contribution in [1.82, 2.24) is 4.90 Å². The molecule has 1 aromatic carbocycles. The lowest BCUT2D eigenvalue weighted by atomic mass is 10.2. The Hall–Kier alpha value is -1.06. The zero-order valence-corrected chi connectivity index (χ0v) is 11.7. The summed E-state index contributed by atoms with van der Waals surface area (Å²) >= 11 is 0. The molecule has 0 bridgehead atoms. The summed E-state index contributed by atoms with van der Waals surface area (Å²) in [4.78, 5) is 2.27. The van der Waals surface area contributed by atoms with Crippen molar-refractivity contribution >= 4 is 0 Å². The van der Waals surface area contributed by atoms with Crippen LogP contribution in [0.1, 0.15) is 32.3 Å². The number of hydrogen-bond donors (Lipinski definition) is 1. The number of rotatable bonds is 8. The van der Waals surface area contributed by atoms with Crippen molar-refractivity contribution in [2.75, 3.05) is 20.2 Å². The molecular formula is C15H25NO2. The molecule has 1 aromatic rings. The largest absolute Gasteiger partial charge is 0.491 e. The van der Waals surface area contributed by atoms with Gasteiger partial charge in [0.1, 0.15) is 5.75 Å². The van der Waals surface area contributed by atoms with Crippen molar-refractivity contribution in [2.24, 2.45) is 0 Å². The van der Waals surface area contributed by atoms with E-state index in [-0.39, 0.29) is 12.7 Å². The lowest BCUT2D eigenvalue weighted by molar-refractivity contribution is 0.241. The maximum absolute atomic E-state index is 8.75. The van der Waals surface area contributed by atoms with Crippen LogP contribution in [-0.2, 0) is 6.54 Å². The minimum atomic E-state index is 0.211.